The van der Waals surface area contributed by atoms with E-state index in [4.69, 9.17) is 9.47 Å². The van der Waals surface area contributed by atoms with Crippen molar-refractivity contribution >= 4 is 18.3 Å². The van der Waals surface area contributed by atoms with Crippen molar-refractivity contribution in [2.24, 2.45) is 0 Å². The fourth-order valence-electron chi connectivity index (χ4n) is 2.47. The first kappa shape index (κ1) is 19.6. The molecule has 6 heteroatoms. The Morgan fingerprint density at radius 1 is 1.13 bits per heavy atom. The molecule has 1 fully saturated rings. The number of halogens is 1. The highest BCUT2D eigenvalue weighted by Gasteiger charge is 2.14. The molecule has 1 aliphatic rings. The standard InChI is InChI=1S/C17H26N2O3.ClH/c1-2-21-15-6-8-16(9-7-15)22-14-3-5-17(20)19-12-4-10-18-11-13-19;/h6-9,18H,2-5,10-14H2,1H3;1H. The third-order valence-corrected chi connectivity index (χ3v) is 3.63. The van der Waals surface area contributed by atoms with Crippen LogP contribution in [0.1, 0.15) is 26.2 Å². The zero-order valence-corrected chi connectivity index (χ0v) is 14.6. The van der Waals surface area contributed by atoms with E-state index in [-0.39, 0.29) is 18.3 Å². The van der Waals surface area contributed by atoms with Gasteiger partial charge in [-0.2, -0.15) is 0 Å². The largest absolute Gasteiger partial charge is 0.494 e. The highest BCUT2D eigenvalue weighted by Crippen LogP contribution is 2.17. The number of nitrogens with one attached hydrogen (secondary N) is 1. The van der Waals surface area contributed by atoms with Crippen LogP contribution in [0.15, 0.2) is 24.3 Å². The lowest BCUT2D eigenvalue weighted by molar-refractivity contribution is -0.131. The molecule has 1 aliphatic heterocycles. The smallest absolute Gasteiger partial charge is 0.222 e. The fourth-order valence-corrected chi connectivity index (χ4v) is 2.47. The van der Waals surface area contributed by atoms with Gasteiger partial charge in [0.2, 0.25) is 5.91 Å². The molecule has 1 saturated heterocycles. The summed E-state index contributed by atoms with van der Waals surface area (Å²) in [6, 6.07) is 7.59. The second-order valence-electron chi connectivity index (χ2n) is 5.34. The molecule has 1 aromatic carbocycles. The third-order valence-electron chi connectivity index (χ3n) is 3.63. The van der Waals surface area contributed by atoms with Crippen molar-refractivity contribution in [2.45, 2.75) is 26.2 Å². The average Bonchev–Trinajstić information content (AvgIpc) is 2.82. The zero-order chi connectivity index (χ0) is 15.6. The first-order valence-corrected chi connectivity index (χ1v) is 8.13. The van der Waals surface area contributed by atoms with E-state index in [0.29, 0.717) is 19.6 Å². The van der Waals surface area contributed by atoms with E-state index in [1.54, 1.807) is 0 Å². The minimum absolute atomic E-state index is 0. The number of hydrogen-bond donors (Lipinski definition) is 1. The molecule has 0 aromatic heterocycles. The zero-order valence-electron chi connectivity index (χ0n) is 13.8. The lowest BCUT2D eigenvalue weighted by atomic mass is 10.2. The van der Waals surface area contributed by atoms with Gasteiger partial charge in [0.05, 0.1) is 13.2 Å². The predicted octanol–water partition coefficient (Wildman–Crippen LogP) is 2.49. The molecular formula is C17H27ClN2O3. The van der Waals surface area contributed by atoms with Crippen LogP contribution in [-0.2, 0) is 4.79 Å². The average molecular weight is 343 g/mol. The molecule has 1 N–H and O–H groups in total. The van der Waals surface area contributed by atoms with Crippen LogP contribution in [0.3, 0.4) is 0 Å². The Hall–Kier alpha value is -1.46. The van der Waals surface area contributed by atoms with E-state index < -0.39 is 0 Å². The topological polar surface area (TPSA) is 50.8 Å². The van der Waals surface area contributed by atoms with Gasteiger partial charge in [0.1, 0.15) is 11.5 Å². The maximum Gasteiger partial charge on any atom is 0.222 e. The fraction of sp³-hybridized carbons (Fsp3) is 0.588. The van der Waals surface area contributed by atoms with Crippen LogP contribution in [0.2, 0.25) is 0 Å². The molecule has 5 nitrogen and oxygen atoms in total. The van der Waals surface area contributed by atoms with Crippen molar-refractivity contribution in [3.05, 3.63) is 24.3 Å². The van der Waals surface area contributed by atoms with Gasteiger partial charge in [0, 0.05) is 26.1 Å². The van der Waals surface area contributed by atoms with E-state index in [1.807, 2.05) is 36.1 Å². The van der Waals surface area contributed by atoms with E-state index in [2.05, 4.69) is 5.32 Å². The lowest BCUT2D eigenvalue weighted by Crippen LogP contribution is -2.34. The monoisotopic (exact) mass is 342 g/mol. The van der Waals surface area contributed by atoms with Crippen molar-refractivity contribution in [1.29, 1.82) is 0 Å². The Balaban J connectivity index is 0.00000264. The van der Waals surface area contributed by atoms with Gasteiger partial charge in [-0.25, -0.2) is 0 Å². The number of benzene rings is 1. The van der Waals surface area contributed by atoms with Crippen molar-refractivity contribution in [3.8, 4) is 11.5 Å². The van der Waals surface area contributed by atoms with Gasteiger partial charge in [-0.05, 0) is 50.6 Å². The summed E-state index contributed by atoms with van der Waals surface area (Å²) >= 11 is 0. The normalized spacial score (nSPS) is 14.6. The van der Waals surface area contributed by atoms with Gasteiger partial charge in [0.15, 0.2) is 0 Å². The van der Waals surface area contributed by atoms with E-state index >= 15 is 0 Å². The first-order chi connectivity index (χ1) is 10.8. The van der Waals surface area contributed by atoms with Gasteiger partial charge in [-0.1, -0.05) is 0 Å². The van der Waals surface area contributed by atoms with Crippen LogP contribution in [-0.4, -0.2) is 50.2 Å². The molecule has 0 aliphatic carbocycles. The Kier molecular flexibility index (Phi) is 9.48. The second-order valence-corrected chi connectivity index (χ2v) is 5.34. The molecule has 23 heavy (non-hydrogen) atoms. The number of ether oxygens (including phenoxy) is 2. The van der Waals surface area contributed by atoms with Gasteiger partial charge < -0.3 is 19.7 Å². The minimum atomic E-state index is 0. The molecule has 0 bridgehead atoms. The van der Waals surface area contributed by atoms with Crippen LogP contribution < -0.4 is 14.8 Å². The maximum atomic E-state index is 12.1. The number of amides is 1. The molecule has 0 atom stereocenters. The number of rotatable bonds is 7. The van der Waals surface area contributed by atoms with Crippen LogP contribution in [0.4, 0.5) is 0 Å². The molecule has 0 unspecified atom stereocenters. The summed E-state index contributed by atoms with van der Waals surface area (Å²) in [5, 5.41) is 3.31. The van der Waals surface area contributed by atoms with Gasteiger partial charge >= 0.3 is 0 Å². The SMILES string of the molecule is CCOc1ccc(OCCCC(=O)N2CCCNCC2)cc1.Cl. The van der Waals surface area contributed by atoms with Crippen molar-refractivity contribution in [2.75, 3.05) is 39.4 Å². The maximum absolute atomic E-state index is 12.1. The van der Waals surface area contributed by atoms with Crippen molar-refractivity contribution in [1.82, 2.24) is 10.2 Å². The summed E-state index contributed by atoms with van der Waals surface area (Å²) in [6.07, 6.45) is 2.33. The summed E-state index contributed by atoms with van der Waals surface area (Å²) < 4.78 is 11.0. The number of carbonyl (C=O) groups excluding carboxylic acids is 1. The van der Waals surface area contributed by atoms with E-state index in [0.717, 1.165) is 50.5 Å². The highest BCUT2D eigenvalue weighted by atomic mass is 35.5. The molecule has 1 amide bonds. The molecule has 1 aromatic rings. The summed E-state index contributed by atoms with van der Waals surface area (Å²) in [7, 11) is 0. The quantitative estimate of drug-likeness (QED) is 0.773. The molecule has 0 radical (unpaired) electrons. The minimum Gasteiger partial charge on any atom is -0.494 e. The Bertz CT molecular complexity index is 446. The van der Waals surface area contributed by atoms with Crippen molar-refractivity contribution < 1.29 is 14.3 Å². The van der Waals surface area contributed by atoms with Crippen LogP contribution in [0, 0.1) is 0 Å². The third kappa shape index (κ3) is 7.10. The summed E-state index contributed by atoms with van der Waals surface area (Å²) in [5.41, 5.74) is 0. The van der Waals surface area contributed by atoms with Crippen LogP contribution in [0.25, 0.3) is 0 Å². The highest BCUT2D eigenvalue weighted by molar-refractivity contribution is 5.85. The van der Waals surface area contributed by atoms with E-state index in [1.165, 1.54) is 0 Å². The van der Waals surface area contributed by atoms with Gasteiger partial charge in [0.25, 0.3) is 0 Å². The predicted molar refractivity (Wildman–Crippen MR) is 93.7 cm³/mol. The van der Waals surface area contributed by atoms with Crippen molar-refractivity contribution in [3.63, 3.8) is 0 Å². The molecule has 0 saturated carbocycles. The molecule has 1 heterocycles. The van der Waals surface area contributed by atoms with Gasteiger partial charge in [-0.15, -0.1) is 12.4 Å². The van der Waals surface area contributed by atoms with Gasteiger partial charge in [-0.3, -0.25) is 4.79 Å². The summed E-state index contributed by atoms with van der Waals surface area (Å²) in [6.45, 7) is 6.77. The molecule has 130 valence electrons. The first-order valence-electron chi connectivity index (χ1n) is 8.13. The molecule has 2 rings (SSSR count). The Morgan fingerprint density at radius 3 is 2.52 bits per heavy atom. The van der Waals surface area contributed by atoms with E-state index in [9.17, 15) is 4.79 Å². The molecule has 0 spiro atoms. The number of nitrogens with zero attached hydrogens (tertiary/aromatic N) is 1. The lowest BCUT2D eigenvalue weighted by Gasteiger charge is -2.19. The Morgan fingerprint density at radius 2 is 1.83 bits per heavy atom. The van der Waals surface area contributed by atoms with Crippen LogP contribution in [0.5, 0.6) is 11.5 Å². The second kappa shape index (κ2) is 11.1. The summed E-state index contributed by atoms with van der Waals surface area (Å²) in [4.78, 5) is 14.1. The summed E-state index contributed by atoms with van der Waals surface area (Å²) in [5.74, 6) is 1.90. The molecular weight excluding hydrogens is 316 g/mol. The number of hydrogen-bond acceptors (Lipinski definition) is 4. The van der Waals surface area contributed by atoms with Crippen LogP contribution >= 0.6 is 12.4 Å². The Labute approximate surface area is 144 Å². The number of carbonyl (C=O) groups is 1.